The summed E-state index contributed by atoms with van der Waals surface area (Å²) in [6.07, 6.45) is 6.33. The summed E-state index contributed by atoms with van der Waals surface area (Å²) in [6, 6.07) is 10.4. The molecule has 1 aliphatic rings. The van der Waals surface area contributed by atoms with Crippen LogP contribution in [0.4, 0.5) is 4.39 Å². The molecule has 5 nitrogen and oxygen atoms in total. The molecule has 0 aliphatic heterocycles. The third-order valence-electron chi connectivity index (χ3n) is 5.25. The minimum atomic E-state index is -0.243. The molecule has 1 heterocycles. The third kappa shape index (κ3) is 5.45. The molecule has 1 aromatic carbocycles. The van der Waals surface area contributed by atoms with Crippen molar-refractivity contribution in [1.29, 1.82) is 0 Å². The Hall–Kier alpha value is -2.60. The van der Waals surface area contributed by atoms with E-state index in [9.17, 15) is 9.18 Å². The van der Waals surface area contributed by atoms with Crippen LogP contribution in [-0.2, 0) is 6.54 Å². The standard InChI is InChI=1S/C22H29FN4O/c1-16(17(2)25-14-18-9-11-19(23)12-10-18)15-27(26-20-6-3-4-7-20)22(28)21-8-5-13-24-21/h5,8-13,16,20,24-26H,2-4,6-7,14-15H2,1H3. The number of halogens is 1. The number of nitrogens with one attached hydrogen (secondary N) is 3. The monoisotopic (exact) mass is 384 g/mol. The highest BCUT2D eigenvalue weighted by Gasteiger charge is 2.24. The molecule has 3 rings (SSSR count). The molecule has 0 spiro atoms. The number of hydrogen-bond donors (Lipinski definition) is 3. The van der Waals surface area contributed by atoms with Crippen molar-refractivity contribution in [3.63, 3.8) is 0 Å². The van der Waals surface area contributed by atoms with Crippen LogP contribution in [0, 0.1) is 11.7 Å². The fourth-order valence-electron chi connectivity index (χ4n) is 3.45. The Labute approximate surface area is 166 Å². The summed E-state index contributed by atoms with van der Waals surface area (Å²) in [4.78, 5) is 15.9. The van der Waals surface area contributed by atoms with Gasteiger partial charge in [-0.05, 0) is 42.7 Å². The van der Waals surface area contributed by atoms with Crippen LogP contribution in [0.15, 0.2) is 54.9 Å². The zero-order chi connectivity index (χ0) is 19.9. The average Bonchev–Trinajstić information content (AvgIpc) is 3.40. The molecule has 1 unspecified atom stereocenters. The molecule has 3 N–H and O–H groups in total. The molecule has 150 valence electrons. The second kappa shape index (κ2) is 9.55. The molecule has 1 aromatic heterocycles. The average molecular weight is 384 g/mol. The Balaban J connectivity index is 1.58. The lowest BCUT2D eigenvalue weighted by Crippen LogP contribution is -2.49. The van der Waals surface area contributed by atoms with E-state index in [0.29, 0.717) is 24.8 Å². The van der Waals surface area contributed by atoms with Gasteiger partial charge in [-0.25, -0.2) is 9.82 Å². The highest BCUT2D eigenvalue weighted by atomic mass is 19.1. The Morgan fingerprint density at radius 1 is 1.29 bits per heavy atom. The quantitative estimate of drug-likeness (QED) is 0.573. The molecule has 1 aliphatic carbocycles. The number of aromatic nitrogens is 1. The molecular formula is C22H29FN4O. The first-order valence-electron chi connectivity index (χ1n) is 9.91. The summed E-state index contributed by atoms with van der Waals surface area (Å²) in [6.45, 7) is 7.27. The molecule has 2 aromatic rings. The normalized spacial score (nSPS) is 15.4. The van der Waals surface area contributed by atoms with Crippen molar-refractivity contribution in [3.8, 4) is 0 Å². The molecule has 1 saturated carbocycles. The third-order valence-corrected chi connectivity index (χ3v) is 5.25. The molecule has 1 amide bonds. The van der Waals surface area contributed by atoms with E-state index < -0.39 is 0 Å². The highest BCUT2D eigenvalue weighted by molar-refractivity contribution is 5.92. The van der Waals surface area contributed by atoms with Crippen LogP contribution in [0.2, 0.25) is 0 Å². The van der Waals surface area contributed by atoms with Crippen molar-refractivity contribution < 1.29 is 9.18 Å². The van der Waals surface area contributed by atoms with E-state index in [1.165, 1.54) is 25.0 Å². The number of carbonyl (C=O) groups is 1. The van der Waals surface area contributed by atoms with Gasteiger partial charge in [0.15, 0.2) is 0 Å². The molecule has 0 saturated heterocycles. The minimum Gasteiger partial charge on any atom is -0.384 e. The number of nitrogens with zero attached hydrogens (tertiary/aromatic N) is 1. The van der Waals surface area contributed by atoms with Gasteiger partial charge >= 0.3 is 0 Å². The number of H-pyrrole nitrogens is 1. The molecule has 0 radical (unpaired) electrons. The SMILES string of the molecule is C=C(NCc1ccc(F)cc1)C(C)CN(NC1CCCC1)C(=O)c1ccc[nH]1. The second-order valence-corrected chi connectivity index (χ2v) is 7.52. The van der Waals surface area contributed by atoms with Crippen LogP contribution in [0.3, 0.4) is 0 Å². The number of aromatic amines is 1. The zero-order valence-electron chi connectivity index (χ0n) is 16.4. The van der Waals surface area contributed by atoms with Gasteiger partial charge in [-0.2, -0.15) is 0 Å². The number of hydrazine groups is 1. The van der Waals surface area contributed by atoms with E-state index in [-0.39, 0.29) is 17.6 Å². The Morgan fingerprint density at radius 3 is 2.64 bits per heavy atom. The smallest absolute Gasteiger partial charge is 0.284 e. The van der Waals surface area contributed by atoms with E-state index in [0.717, 1.165) is 24.1 Å². The van der Waals surface area contributed by atoms with Crippen LogP contribution in [0.1, 0.15) is 48.7 Å². The second-order valence-electron chi connectivity index (χ2n) is 7.52. The first kappa shape index (κ1) is 20.1. The summed E-state index contributed by atoms with van der Waals surface area (Å²) in [7, 11) is 0. The van der Waals surface area contributed by atoms with Gasteiger partial charge in [0.05, 0.1) is 0 Å². The summed E-state index contributed by atoms with van der Waals surface area (Å²) in [5.41, 5.74) is 5.83. The van der Waals surface area contributed by atoms with E-state index in [1.807, 2.05) is 13.0 Å². The van der Waals surface area contributed by atoms with Crippen molar-refractivity contribution in [1.82, 2.24) is 20.7 Å². The maximum atomic E-state index is 13.0. The van der Waals surface area contributed by atoms with Crippen molar-refractivity contribution in [2.45, 2.75) is 45.2 Å². The number of benzene rings is 1. The van der Waals surface area contributed by atoms with Gasteiger partial charge in [0.2, 0.25) is 0 Å². The van der Waals surface area contributed by atoms with Crippen LogP contribution in [0.5, 0.6) is 0 Å². The van der Waals surface area contributed by atoms with Gasteiger partial charge in [-0.3, -0.25) is 9.80 Å². The molecule has 0 bridgehead atoms. The number of carbonyl (C=O) groups excluding carboxylic acids is 1. The van der Waals surface area contributed by atoms with Gasteiger partial charge < -0.3 is 10.3 Å². The maximum Gasteiger partial charge on any atom is 0.284 e. The predicted octanol–water partition coefficient (Wildman–Crippen LogP) is 3.98. The fourth-order valence-corrected chi connectivity index (χ4v) is 3.45. The van der Waals surface area contributed by atoms with Crippen LogP contribution in [-0.4, -0.2) is 28.5 Å². The Kier molecular flexibility index (Phi) is 6.87. The summed E-state index contributed by atoms with van der Waals surface area (Å²) in [5.74, 6) is -0.254. The zero-order valence-corrected chi connectivity index (χ0v) is 16.4. The first-order valence-corrected chi connectivity index (χ1v) is 9.91. The highest BCUT2D eigenvalue weighted by Crippen LogP contribution is 2.19. The summed E-state index contributed by atoms with van der Waals surface area (Å²) < 4.78 is 13.0. The number of rotatable bonds is 9. The number of amides is 1. The van der Waals surface area contributed by atoms with Gasteiger partial charge in [0.25, 0.3) is 5.91 Å². The van der Waals surface area contributed by atoms with E-state index >= 15 is 0 Å². The van der Waals surface area contributed by atoms with Crippen LogP contribution < -0.4 is 10.7 Å². The van der Waals surface area contributed by atoms with E-state index in [4.69, 9.17) is 0 Å². The number of hydrogen-bond acceptors (Lipinski definition) is 3. The lowest BCUT2D eigenvalue weighted by atomic mass is 10.1. The first-order chi connectivity index (χ1) is 13.5. The predicted molar refractivity (Wildman–Crippen MR) is 109 cm³/mol. The van der Waals surface area contributed by atoms with Crippen molar-refractivity contribution >= 4 is 5.91 Å². The molecule has 1 fully saturated rings. The van der Waals surface area contributed by atoms with Crippen molar-refractivity contribution in [2.24, 2.45) is 5.92 Å². The molecule has 28 heavy (non-hydrogen) atoms. The largest absolute Gasteiger partial charge is 0.384 e. The van der Waals surface area contributed by atoms with Gasteiger partial charge in [0.1, 0.15) is 11.5 Å². The maximum absolute atomic E-state index is 13.0. The summed E-state index contributed by atoms with van der Waals surface area (Å²) >= 11 is 0. The Bertz CT molecular complexity index is 766. The van der Waals surface area contributed by atoms with Crippen LogP contribution in [0.25, 0.3) is 0 Å². The van der Waals surface area contributed by atoms with Gasteiger partial charge in [-0.1, -0.05) is 38.5 Å². The van der Waals surface area contributed by atoms with Crippen molar-refractivity contribution in [2.75, 3.05) is 6.54 Å². The fraction of sp³-hybridized carbons (Fsp3) is 0.409. The lowest BCUT2D eigenvalue weighted by molar-refractivity contribution is 0.0586. The summed E-state index contributed by atoms with van der Waals surface area (Å²) in [5, 5.41) is 5.02. The Morgan fingerprint density at radius 2 is 2.00 bits per heavy atom. The molecule has 6 heteroatoms. The lowest BCUT2D eigenvalue weighted by Gasteiger charge is -2.30. The van der Waals surface area contributed by atoms with E-state index in [2.05, 4.69) is 22.3 Å². The van der Waals surface area contributed by atoms with Crippen molar-refractivity contribution in [3.05, 3.63) is 71.9 Å². The minimum absolute atomic E-state index is 0.0493. The van der Waals surface area contributed by atoms with E-state index in [1.54, 1.807) is 29.4 Å². The van der Waals surface area contributed by atoms with Gasteiger partial charge in [-0.15, -0.1) is 0 Å². The van der Waals surface area contributed by atoms with Crippen LogP contribution >= 0.6 is 0 Å². The van der Waals surface area contributed by atoms with Gasteiger partial charge in [0, 0.05) is 36.9 Å². The topological polar surface area (TPSA) is 60.2 Å². The molecular weight excluding hydrogens is 355 g/mol. The molecule has 1 atom stereocenters.